The van der Waals surface area contributed by atoms with Gasteiger partial charge in [-0.1, -0.05) is 33.3 Å². The average Bonchev–Trinajstić information content (AvgIpc) is 2.33. The van der Waals surface area contributed by atoms with E-state index in [0.717, 1.165) is 0 Å². The Hall–Kier alpha value is -2.25. The van der Waals surface area contributed by atoms with Gasteiger partial charge in [0.1, 0.15) is 0 Å². The van der Waals surface area contributed by atoms with Crippen molar-refractivity contribution in [3.63, 3.8) is 0 Å². The van der Waals surface area contributed by atoms with Crippen molar-refractivity contribution in [1.82, 2.24) is 0 Å². The second-order valence-electron chi connectivity index (χ2n) is 2.33. The molecular weight excluding hydrogens is 216 g/mol. The van der Waals surface area contributed by atoms with Crippen LogP contribution in [-0.2, 0) is 4.12 Å². The van der Waals surface area contributed by atoms with Crippen molar-refractivity contribution in [2.45, 2.75) is 0 Å². The van der Waals surface area contributed by atoms with Crippen LogP contribution in [0.5, 0.6) is 0 Å². The molecule has 68 valence electrons. The number of rotatable bonds is 2. The summed E-state index contributed by atoms with van der Waals surface area (Å²) in [7, 11) is -6.40. The lowest BCUT2D eigenvalue weighted by Crippen LogP contribution is -2.48. The van der Waals surface area contributed by atoms with Crippen molar-refractivity contribution in [2.75, 3.05) is 0 Å². The van der Waals surface area contributed by atoms with Gasteiger partial charge in [-0.25, -0.2) is 0 Å². The van der Waals surface area contributed by atoms with Gasteiger partial charge in [0.05, 0.1) is 0 Å². The van der Waals surface area contributed by atoms with Crippen LogP contribution in [0.2, 0.25) is 0 Å². The topological polar surface area (TPSA) is 9.23 Å². The molecule has 0 aliphatic carbocycles. The molecule has 0 aromatic carbocycles. The molecule has 3 heteroatoms. The fourth-order valence-corrected chi connectivity index (χ4v) is 4.41. The molecule has 0 aliphatic heterocycles. The van der Waals surface area contributed by atoms with Crippen LogP contribution >= 0.6 is 0 Å². The normalized spacial score (nSPS) is 9.20. The van der Waals surface area contributed by atoms with Gasteiger partial charge in [-0.2, -0.15) is 0 Å². The van der Waals surface area contributed by atoms with Crippen LogP contribution in [0.3, 0.4) is 0 Å². The van der Waals surface area contributed by atoms with E-state index in [1.165, 1.54) is 0 Å². The predicted molar refractivity (Wildman–Crippen MR) is 65.6 cm³/mol. The Labute approximate surface area is 92.9 Å². The molecule has 0 aromatic rings. The minimum atomic E-state index is -3.20. The minimum Gasteiger partial charge on any atom is -0.401 e. The number of hydrogen-bond donors (Lipinski definition) is 0. The van der Waals surface area contributed by atoms with E-state index in [1.54, 1.807) is 0 Å². The van der Waals surface area contributed by atoms with E-state index >= 15 is 0 Å². The van der Waals surface area contributed by atoms with Crippen LogP contribution in [0.25, 0.3) is 0 Å². The fraction of sp³-hybridized carbons (Fsp3) is 0. The highest BCUT2D eigenvalue weighted by atomic mass is 28.4. The van der Waals surface area contributed by atoms with Crippen LogP contribution in [0, 0.1) is 71.8 Å². The summed E-state index contributed by atoms with van der Waals surface area (Å²) in [6.45, 7) is 0. The standard InChI is InChI=1S/C12H6OSi2/c1-7-14(8-2,9-3)13-15(10-4,11-5)12-6/h1-6H. The summed E-state index contributed by atoms with van der Waals surface area (Å²) < 4.78 is 5.38. The zero-order chi connectivity index (χ0) is 11.9. The molecule has 0 aliphatic rings. The Bertz CT molecular complexity index is 383. The van der Waals surface area contributed by atoms with Gasteiger partial charge < -0.3 is 4.12 Å². The van der Waals surface area contributed by atoms with Gasteiger partial charge in [0.15, 0.2) is 0 Å². The maximum atomic E-state index is 5.38. The molecule has 0 unspecified atom stereocenters. The largest absolute Gasteiger partial charge is 0.427 e. The summed E-state index contributed by atoms with van der Waals surface area (Å²) >= 11 is 0. The Morgan fingerprint density at radius 1 is 0.533 bits per heavy atom. The highest BCUT2D eigenvalue weighted by molar-refractivity contribution is 7.07. The molecule has 0 aromatic heterocycles. The van der Waals surface area contributed by atoms with E-state index < -0.39 is 16.6 Å². The van der Waals surface area contributed by atoms with Gasteiger partial charge in [-0.15, -0.1) is 38.5 Å². The highest BCUT2D eigenvalue weighted by Gasteiger charge is 2.42. The van der Waals surface area contributed by atoms with Gasteiger partial charge in [0.2, 0.25) is 0 Å². The Balaban J connectivity index is 5.44. The zero-order valence-corrected chi connectivity index (χ0v) is 9.87. The first-order valence-corrected chi connectivity index (χ1v) is 7.46. The second-order valence-corrected chi connectivity index (χ2v) is 7.60. The molecule has 0 fully saturated rings. The van der Waals surface area contributed by atoms with Crippen LogP contribution in [-0.4, -0.2) is 16.6 Å². The molecule has 0 amide bonds. The summed E-state index contributed by atoms with van der Waals surface area (Å²) in [6.07, 6.45) is 31.3. The van der Waals surface area contributed by atoms with Crippen LogP contribution in [0.15, 0.2) is 0 Å². The van der Waals surface area contributed by atoms with E-state index in [-0.39, 0.29) is 0 Å². The first-order chi connectivity index (χ1) is 7.07. The SMILES string of the molecule is C#C[Si](C#C)(C#C)O[Si](C#C)(C#C)C#C. The summed E-state index contributed by atoms with van der Waals surface area (Å²) in [6, 6.07) is 0. The Morgan fingerprint density at radius 2 is 0.733 bits per heavy atom. The van der Waals surface area contributed by atoms with E-state index in [1.807, 2.05) is 0 Å². The Kier molecular flexibility index (Phi) is 4.12. The molecule has 0 radical (unpaired) electrons. The third-order valence-electron chi connectivity index (χ3n) is 1.53. The first-order valence-electron chi connectivity index (χ1n) is 3.64. The van der Waals surface area contributed by atoms with Gasteiger partial charge in [-0.05, 0) is 0 Å². The summed E-state index contributed by atoms with van der Waals surface area (Å²) in [5.74, 6) is 0. The zero-order valence-electron chi connectivity index (χ0n) is 7.87. The average molecular weight is 222 g/mol. The third-order valence-corrected chi connectivity index (χ3v) is 6.41. The lowest BCUT2D eigenvalue weighted by atomic mass is 11.3. The van der Waals surface area contributed by atoms with Crippen molar-refractivity contribution in [3.8, 4) is 71.8 Å². The molecule has 0 rings (SSSR count). The maximum absolute atomic E-state index is 5.38. The molecule has 1 nitrogen and oxygen atoms in total. The van der Waals surface area contributed by atoms with E-state index in [9.17, 15) is 0 Å². The molecule has 0 atom stereocenters. The van der Waals surface area contributed by atoms with Crippen LogP contribution < -0.4 is 0 Å². The van der Waals surface area contributed by atoms with Crippen molar-refractivity contribution in [2.24, 2.45) is 0 Å². The van der Waals surface area contributed by atoms with E-state index in [2.05, 4.69) is 33.3 Å². The number of hydrogen-bond acceptors (Lipinski definition) is 1. The molecular formula is C12H6OSi2. The molecule has 0 saturated carbocycles. The minimum absolute atomic E-state index is 2.27. The smallest absolute Gasteiger partial charge is 0.401 e. The fourth-order valence-electron chi connectivity index (χ4n) is 0.656. The molecule has 0 heterocycles. The monoisotopic (exact) mass is 222 g/mol. The van der Waals surface area contributed by atoms with Crippen molar-refractivity contribution < 1.29 is 4.12 Å². The van der Waals surface area contributed by atoms with Gasteiger partial charge in [0, 0.05) is 0 Å². The summed E-state index contributed by atoms with van der Waals surface area (Å²) in [5, 5.41) is 0. The molecule has 0 spiro atoms. The lowest BCUT2D eigenvalue weighted by Gasteiger charge is -2.20. The van der Waals surface area contributed by atoms with Crippen LogP contribution in [0.4, 0.5) is 0 Å². The van der Waals surface area contributed by atoms with Crippen molar-refractivity contribution in [1.29, 1.82) is 0 Å². The number of terminal acetylenes is 6. The maximum Gasteiger partial charge on any atom is 0.427 e. The molecule has 0 N–H and O–H groups in total. The second kappa shape index (κ2) is 4.84. The molecule has 0 bridgehead atoms. The first kappa shape index (κ1) is 12.8. The summed E-state index contributed by atoms with van der Waals surface area (Å²) in [4.78, 5) is 0. The Morgan fingerprint density at radius 3 is 0.867 bits per heavy atom. The van der Waals surface area contributed by atoms with E-state index in [0.29, 0.717) is 0 Å². The third kappa shape index (κ3) is 2.36. The van der Waals surface area contributed by atoms with Crippen molar-refractivity contribution in [3.05, 3.63) is 0 Å². The summed E-state index contributed by atoms with van der Waals surface area (Å²) in [5.41, 5.74) is 13.6. The van der Waals surface area contributed by atoms with Gasteiger partial charge in [-0.3, -0.25) is 0 Å². The van der Waals surface area contributed by atoms with Gasteiger partial charge >= 0.3 is 16.6 Å². The highest BCUT2D eigenvalue weighted by Crippen LogP contribution is 2.10. The molecule has 0 saturated heterocycles. The van der Waals surface area contributed by atoms with Crippen LogP contribution in [0.1, 0.15) is 0 Å². The lowest BCUT2D eigenvalue weighted by molar-refractivity contribution is 0.610. The van der Waals surface area contributed by atoms with E-state index in [4.69, 9.17) is 42.7 Å². The molecule has 15 heavy (non-hydrogen) atoms. The van der Waals surface area contributed by atoms with Gasteiger partial charge in [0.25, 0.3) is 0 Å². The van der Waals surface area contributed by atoms with Crippen molar-refractivity contribution >= 4 is 16.6 Å². The predicted octanol–water partition coefficient (Wildman–Crippen LogP) is -0.0716. The quantitative estimate of drug-likeness (QED) is 0.469.